The minimum absolute atomic E-state index is 0.200. The lowest BCUT2D eigenvalue weighted by atomic mass is 10.1. The van der Waals surface area contributed by atoms with Crippen molar-refractivity contribution in [2.75, 3.05) is 13.2 Å². The Morgan fingerprint density at radius 1 is 1.33 bits per heavy atom. The van der Waals surface area contributed by atoms with E-state index in [4.69, 9.17) is 4.74 Å². The van der Waals surface area contributed by atoms with Crippen molar-refractivity contribution in [1.29, 1.82) is 0 Å². The van der Waals surface area contributed by atoms with Gasteiger partial charge in [0.25, 0.3) is 0 Å². The molecule has 0 aliphatic carbocycles. The summed E-state index contributed by atoms with van der Waals surface area (Å²) < 4.78 is 31.8. The van der Waals surface area contributed by atoms with Crippen LogP contribution >= 0.6 is 0 Å². The lowest BCUT2D eigenvalue weighted by molar-refractivity contribution is -0.00841. The van der Waals surface area contributed by atoms with Crippen LogP contribution in [0.4, 0.5) is 0 Å². The molecule has 1 aliphatic rings. The number of aliphatic hydroxyl groups is 1. The van der Waals surface area contributed by atoms with Gasteiger partial charge in [0.2, 0.25) is 10.0 Å². The first-order valence-corrected chi connectivity index (χ1v) is 7.32. The van der Waals surface area contributed by atoms with Crippen molar-refractivity contribution >= 4 is 10.0 Å². The average Bonchev–Trinajstić information content (AvgIpc) is 2.32. The average molecular weight is 271 g/mol. The van der Waals surface area contributed by atoms with Gasteiger partial charge in [-0.3, -0.25) is 0 Å². The molecule has 0 unspecified atom stereocenters. The van der Waals surface area contributed by atoms with E-state index in [-0.39, 0.29) is 11.5 Å². The molecule has 0 aromatic heterocycles. The SMILES string of the molecule is Cc1ccc(S(=O)(=O)N[C@H]2COCC[C@H]2O)cc1. The largest absolute Gasteiger partial charge is 0.391 e. The number of aryl methyl sites for hydroxylation is 1. The third kappa shape index (κ3) is 3.08. The number of hydrogen-bond acceptors (Lipinski definition) is 4. The molecular formula is C12H17NO4S. The number of sulfonamides is 1. The fourth-order valence-corrected chi connectivity index (χ4v) is 3.08. The predicted molar refractivity (Wildman–Crippen MR) is 66.7 cm³/mol. The molecule has 1 fully saturated rings. The Morgan fingerprint density at radius 2 is 2.00 bits per heavy atom. The van der Waals surface area contributed by atoms with E-state index < -0.39 is 22.2 Å². The first-order chi connectivity index (χ1) is 8.49. The van der Waals surface area contributed by atoms with E-state index in [1.807, 2.05) is 6.92 Å². The van der Waals surface area contributed by atoms with Crippen LogP contribution in [-0.4, -0.2) is 38.9 Å². The van der Waals surface area contributed by atoms with Gasteiger partial charge in [-0.05, 0) is 25.5 Å². The molecule has 1 saturated heterocycles. The summed E-state index contributed by atoms with van der Waals surface area (Å²) >= 11 is 0. The Balaban J connectivity index is 2.13. The van der Waals surface area contributed by atoms with Crippen molar-refractivity contribution in [3.63, 3.8) is 0 Å². The summed E-state index contributed by atoms with van der Waals surface area (Å²) in [6, 6.07) is 6.00. The summed E-state index contributed by atoms with van der Waals surface area (Å²) in [5.41, 5.74) is 0.995. The highest BCUT2D eigenvalue weighted by Crippen LogP contribution is 2.14. The Hall–Kier alpha value is -0.950. The normalized spacial score (nSPS) is 25.0. The molecule has 6 heteroatoms. The molecule has 0 radical (unpaired) electrons. The Labute approximate surface area is 107 Å². The zero-order valence-corrected chi connectivity index (χ0v) is 11.0. The molecule has 1 heterocycles. The van der Waals surface area contributed by atoms with Crippen molar-refractivity contribution in [3.05, 3.63) is 29.8 Å². The van der Waals surface area contributed by atoms with Gasteiger partial charge in [-0.2, -0.15) is 0 Å². The number of nitrogens with one attached hydrogen (secondary N) is 1. The van der Waals surface area contributed by atoms with Crippen LogP contribution in [0, 0.1) is 6.92 Å². The molecule has 0 amide bonds. The first kappa shape index (κ1) is 13.5. The van der Waals surface area contributed by atoms with Gasteiger partial charge in [0.15, 0.2) is 0 Å². The minimum Gasteiger partial charge on any atom is -0.391 e. The van der Waals surface area contributed by atoms with Crippen LogP contribution in [0.5, 0.6) is 0 Å². The maximum absolute atomic E-state index is 12.1. The van der Waals surface area contributed by atoms with Crippen LogP contribution in [0.15, 0.2) is 29.2 Å². The van der Waals surface area contributed by atoms with Crippen molar-refractivity contribution < 1.29 is 18.3 Å². The van der Waals surface area contributed by atoms with Gasteiger partial charge in [-0.1, -0.05) is 17.7 Å². The molecule has 2 N–H and O–H groups in total. The number of hydrogen-bond donors (Lipinski definition) is 2. The van der Waals surface area contributed by atoms with Crippen molar-refractivity contribution in [2.45, 2.75) is 30.4 Å². The number of rotatable bonds is 3. The second-order valence-electron chi connectivity index (χ2n) is 4.47. The molecule has 1 aromatic carbocycles. The van der Waals surface area contributed by atoms with Gasteiger partial charge < -0.3 is 9.84 Å². The van der Waals surface area contributed by atoms with Crippen LogP contribution in [0.1, 0.15) is 12.0 Å². The van der Waals surface area contributed by atoms with E-state index in [0.29, 0.717) is 13.0 Å². The van der Waals surface area contributed by atoms with Crippen LogP contribution in [-0.2, 0) is 14.8 Å². The highest BCUT2D eigenvalue weighted by Gasteiger charge is 2.28. The van der Waals surface area contributed by atoms with E-state index in [1.165, 1.54) is 0 Å². The fourth-order valence-electron chi connectivity index (χ4n) is 1.82. The summed E-state index contributed by atoms with van der Waals surface area (Å²) in [5, 5.41) is 9.72. The summed E-state index contributed by atoms with van der Waals surface area (Å²) in [5.74, 6) is 0. The monoisotopic (exact) mass is 271 g/mol. The number of ether oxygens (including phenoxy) is 1. The first-order valence-electron chi connectivity index (χ1n) is 5.84. The Morgan fingerprint density at radius 3 is 2.61 bits per heavy atom. The van der Waals surface area contributed by atoms with Crippen LogP contribution < -0.4 is 4.72 Å². The van der Waals surface area contributed by atoms with Crippen molar-refractivity contribution in [1.82, 2.24) is 4.72 Å². The van der Waals surface area contributed by atoms with Gasteiger partial charge in [0.05, 0.1) is 23.6 Å². The zero-order chi connectivity index (χ0) is 13.2. The van der Waals surface area contributed by atoms with E-state index in [1.54, 1.807) is 24.3 Å². The lowest BCUT2D eigenvalue weighted by Gasteiger charge is -2.28. The molecule has 5 nitrogen and oxygen atoms in total. The lowest BCUT2D eigenvalue weighted by Crippen LogP contribution is -2.49. The second kappa shape index (κ2) is 5.36. The molecular weight excluding hydrogens is 254 g/mol. The highest BCUT2D eigenvalue weighted by molar-refractivity contribution is 7.89. The van der Waals surface area contributed by atoms with Gasteiger partial charge >= 0.3 is 0 Å². The molecule has 1 aliphatic heterocycles. The summed E-state index contributed by atoms with van der Waals surface area (Å²) in [4.78, 5) is 0.200. The molecule has 0 saturated carbocycles. The molecule has 18 heavy (non-hydrogen) atoms. The summed E-state index contributed by atoms with van der Waals surface area (Å²) in [7, 11) is -3.60. The van der Waals surface area contributed by atoms with Gasteiger partial charge in [-0.25, -0.2) is 13.1 Å². The van der Waals surface area contributed by atoms with E-state index in [2.05, 4.69) is 4.72 Å². The molecule has 1 aromatic rings. The van der Waals surface area contributed by atoms with Crippen LogP contribution in [0.25, 0.3) is 0 Å². The van der Waals surface area contributed by atoms with Gasteiger partial charge in [0, 0.05) is 6.61 Å². The molecule has 0 spiro atoms. The molecule has 2 rings (SSSR count). The summed E-state index contributed by atoms with van der Waals surface area (Å²) in [6.07, 6.45) is -0.250. The van der Waals surface area contributed by atoms with Gasteiger partial charge in [-0.15, -0.1) is 0 Å². The Kier molecular flexibility index (Phi) is 4.01. The smallest absolute Gasteiger partial charge is 0.240 e. The number of aliphatic hydroxyl groups excluding tert-OH is 1. The minimum atomic E-state index is -3.60. The zero-order valence-electron chi connectivity index (χ0n) is 10.2. The quantitative estimate of drug-likeness (QED) is 0.835. The van der Waals surface area contributed by atoms with E-state index in [9.17, 15) is 13.5 Å². The number of benzene rings is 1. The molecule has 100 valence electrons. The third-order valence-electron chi connectivity index (χ3n) is 2.96. The standard InChI is InChI=1S/C12H17NO4S/c1-9-2-4-10(5-3-9)18(15,16)13-11-8-17-7-6-12(11)14/h2-5,11-14H,6-8H2,1H3/t11-,12+/m0/s1. The van der Waals surface area contributed by atoms with E-state index in [0.717, 1.165) is 5.56 Å². The summed E-state index contributed by atoms with van der Waals surface area (Å²) in [6.45, 7) is 2.55. The van der Waals surface area contributed by atoms with Crippen molar-refractivity contribution in [2.24, 2.45) is 0 Å². The third-order valence-corrected chi connectivity index (χ3v) is 4.46. The fraction of sp³-hybridized carbons (Fsp3) is 0.500. The maximum Gasteiger partial charge on any atom is 0.240 e. The molecule has 2 atom stereocenters. The van der Waals surface area contributed by atoms with Crippen LogP contribution in [0.3, 0.4) is 0 Å². The van der Waals surface area contributed by atoms with E-state index >= 15 is 0 Å². The highest BCUT2D eigenvalue weighted by atomic mass is 32.2. The van der Waals surface area contributed by atoms with Gasteiger partial charge in [0.1, 0.15) is 0 Å². The second-order valence-corrected chi connectivity index (χ2v) is 6.19. The topological polar surface area (TPSA) is 75.6 Å². The Bertz CT molecular complexity index is 497. The van der Waals surface area contributed by atoms with Crippen molar-refractivity contribution in [3.8, 4) is 0 Å². The molecule has 0 bridgehead atoms. The van der Waals surface area contributed by atoms with Crippen LogP contribution in [0.2, 0.25) is 0 Å². The maximum atomic E-state index is 12.1. The predicted octanol–water partition coefficient (Wildman–Crippen LogP) is 0.423.